The van der Waals surface area contributed by atoms with Crippen LogP contribution in [0.4, 0.5) is 4.79 Å². The third-order valence-corrected chi connectivity index (χ3v) is 3.95. The first-order chi connectivity index (χ1) is 8.97. The molecule has 0 spiro atoms. The lowest BCUT2D eigenvalue weighted by atomic mass is 10.0. The van der Waals surface area contributed by atoms with Crippen LogP contribution in [-0.4, -0.2) is 64.3 Å². The molecule has 1 aliphatic carbocycles. The summed E-state index contributed by atoms with van der Waals surface area (Å²) in [6, 6.07) is -0.197. The van der Waals surface area contributed by atoms with Gasteiger partial charge in [0.25, 0.3) is 0 Å². The summed E-state index contributed by atoms with van der Waals surface area (Å²) in [4.78, 5) is 26.3. The van der Waals surface area contributed by atoms with Crippen molar-refractivity contribution in [2.75, 3.05) is 26.2 Å². The molecule has 0 aromatic rings. The van der Waals surface area contributed by atoms with Gasteiger partial charge in [-0.3, -0.25) is 4.79 Å². The van der Waals surface area contributed by atoms with E-state index in [1.54, 1.807) is 11.8 Å². The highest BCUT2D eigenvalue weighted by Gasteiger charge is 2.34. The van der Waals surface area contributed by atoms with Crippen molar-refractivity contribution in [2.45, 2.75) is 32.3 Å². The van der Waals surface area contributed by atoms with E-state index >= 15 is 0 Å². The number of amides is 2. The summed E-state index contributed by atoms with van der Waals surface area (Å²) in [5.41, 5.74) is 0. The molecule has 19 heavy (non-hydrogen) atoms. The van der Waals surface area contributed by atoms with Crippen LogP contribution in [0.5, 0.6) is 0 Å². The van der Waals surface area contributed by atoms with E-state index in [0.29, 0.717) is 25.6 Å². The maximum Gasteiger partial charge on any atom is 0.323 e. The molecule has 6 heteroatoms. The van der Waals surface area contributed by atoms with E-state index in [0.717, 1.165) is 19.3 Å². The van der Waals surface area contributed by atoms with Crippen molar-refractivity contribution in [3.8, 4) is 0 Å². The Balaban J connectivity index is 1.92. The number of aliphatic carboxylic acids is 1. The summed E-state index contributed by atoms with van der Waals surface area (Å²) in [5.74, 6) is -0.393. The first-order valence-electron chi connectivity index (χ1n) is 6.91. The Morgan fingerprint density at radius 3 is 2.53 bits per heavy atom. The van der Waals surface area contributed by atoms with Crippen LogP contribution in [0.2, 0.25) is 0 Å². The minimum absolute atomic E-state index is 0.108. The number of likely N-dealkylation sites (tertiary alicyclic amines) is 1. The van der Waals surface area contributed by atoms with Gasteiger partial charge in [-0.2, -0.15) is 0 Å². The maximum absolute atomic E-state index is 12.3. The summed E-state index contributed by atoms with van der Waals surface area (Å²) in [7, 11) is 0. The van der Waals surface area contributed by atoms with Gasteiger partial charge in [-0.15, -0.1) is 0 Å². The van der Waals surface area contributed by atoms with Gasteiger partial charge in [-0.25, -0.2) is 4.79 Å². The fraction of sp³-hybridized carbons (Fsp3) is 0.846. The highest BCUT2D eigenvalue weighted by atomic mass is 16.4. The Morgan fingerprint density at radius 1 is 1.37 bits per heavy atom. The number of carbonyl (C=O) groups is 2. The molecular weight excluding hydrogens is 248 g/mol. The Hall–Kier alpha value is -1.30. The second-order valence-corrected chi connectivity index (χ2v) is 5.74. The third kappa shape index (κ3) is 3.83. The molecule has 1 heterocycles. The van der Waals surface area contributed by atoms with Crippen LogP contribution in [0, 0.1) is 11.8 Å². The predicted molar refractivity (Wildman–Crippen MR) is 68.7 cm³/mol. The standard InChI is InChI=1S/C13H22N2O4/c1-9(16)11-4-5-14(7-11)13(19)15(8-12(17)18)6-10-2-3-10/h9-11,16H,2-8H2,1H3,(H,17,18). The zero-order valence-electron chi connectivity index (χ0n) is 11.3. The van der Waals surface area contributed by atoms with Gasteiger partial charge in [0.2, 0.25) is 0 Å². The molecule has 2 aliphatic rings. The number of carboxylic acid groups (broad SMARTS) is 1. The molecule has 2 rings (SSSR count). The lowest BCUT2D eigenvalue weighted by Gasteiger charge is -2.27. The minimum Gasteiger partial charge on any atom is -0.480 e. The third-order valence-electron chi connectivity index (χ3n) is 3.95. The Kier molecular flexibility index (Phi) is 4.29. The molecular formula is C13H22N2O4. The zero-order chi connectivity index (χ0) is 14.0. The van der Waals surface area contributed by atoms with Crippen molar-refractivity contribution in [1.29, 1.82) is 0 Å². The summed E-state index contributed by atoms with van der Waals surface area (Å²) in [5, 5.41) is 18.4. The Morgan fingerprint density at radius 2 is 2.05 bits per heavy atom. The molecule has 2 amide bonds. The number of urea groups is 1. The van der Waals surface area contributed by atoms with Crippen molar-refractivity contribution < 1.29 is 19.8 Å². The van der Waals surface area contributed by atoms with Gasteiger partial charge in [0.1, 0.15) is 6.54 Å². The second kappa shape index (κ2) is 5.77. The smallest absolute Gasteiger partial charge is 0.323 e. The molecule has 108 valence electrons. The van der Waals surface area contributed by atoms with Crippen molar-refractivity contribution in [1.82, 2.24) is 9.80 Å². The molecule has 1 saturated heterocycles. The van der Waals surface area contributed by atoms with Crippen LogP contribution in [0.3, 0.4) is 0 Å². The first-order valence-corrected chi connectivity index (χ1v) is 6.91. The molecule has 0 radical (unpaired) electrons. The molecule has 1 saturated carbocycles. The van der Waals surface area contributed by atoms with E-state index < -0.39 is 12.1 Å². The van der Waals surface area contributed by atoms with Crippen LogP contribution in [0.15, 0.2) is 0 Å². The average Bonchev–Trinajstić information content (AvgIpc) is 3.00. The zero-order valence-corrected chi connectivity index (χ0v) is 11.3. The molecule has 1 aliphatic heterocycles. The number of hydrogen-bond acceptors (Lipinski definition) is 3. The molecule has 2 atom stereocenters. The molecule has 0 aromatic carbocycles. The molecule has 0 aromatic heterocycles. The van der Waals surface area contributed by atoms with Gasteiger partial charge < -0.3 is 20.0 Å². The lowest BCUT2D eigenvalue weighted by Crippen LogP contribution is -2.45. The summed E-state index contributed by atoms with van der Waals surface area (Å²) < 4.78 is 0. The summed E-state index contributed by atoms with van der Waals surface area (Å²) in [6.45, 7) is 3.18. The van der Waals surface area contributed by atoms with E-state index in [1.807, 2.05) is 0 Å². The van der Waals surface area contributed by atoms with E-state index in [-0.39, 0.29) is 18.5 Å². The van der Waals surface area contributed by atoms with E-state index in [4.69, 9.17) is 5.11 Å². The average molecular weight is 270 g/mol. The maximum atomic E-state index is 12.3. The number of hydrogen-bond donors (Lipinski definition) is 2. The van der Waals surface area contributed by atoms with E-state index in [1.165, 1.54) is 4.90 Å². The van der Waals surface area contributed by atoms with Gasteiger partial charge >= 0.3 is 12.0 Å². The number of aliphatic hydroxyl groups excluding tert-OH is 1. The lowest BCUT2D eigenvalue weighted by molar-refractivity contribution is -0.137. The molecule has 2 N–H and O–H groups in total. The van der Waals surface area contributed by atoms with Gasteiger partial charge in [0.15, 0.2) is 0 Å². The number of carboxylic acids is 1. The highest BCUT2D eigenvalue weighted by molar-refractivity contribution is 5.80. The molecule has 2 unspecified atom stereocenters. The van der Waals surface area contributed by atoms with Crippen molar-refractivity contribution in [3.05, 3.63) is 0 Å². The van der Waals surface area contributed by atoms with Crippen LogP contribution in [-0.2, 0) is 4.79 Å². The topological polar surface area (TPSA) is 81.1 Å². The van der Waals surface area contributed by atoms with Crippen LogP contribution < -0.4 is 0 Å². The van der Waals surface area contributed by atoms with E-state index in [9.17, 15) is 14.7 Å². The largest absolute Gasteiger partial charge is 0.480 e. The van der Waals surface area contributed by atoms with Gasteiger partial charge in [-0.1, -0.05) is 0 Å². The first kappa shape index (κ1) is 14.1. The van der Waals surface area contributed by atoms with Crippen molar-refractivity contribution in [3.63, 3.8) is 0 Å². The number of rotatable bonds is 5. The molecule has 0 bridgehead atoms. The van der Waals surface area contributed by atoms with Crippen LogP contribution >= 0.6 is 0 Å². The summed E-state index contributed by atoms with van der Waals surface area (Å²) in [6.07, 6.45) is 2.53. The van der Waals surface area contributed by atoms with Gasteiger partial charge in [0.05, 0.1) is 6.10 Å². The normalized spacial score (nSPS) is 24.3. The van der Waals surface area contributed by atoms with Crippen LogP contribution in [0.25, 0.3) is 0 Å². The fourth-order valence-corrected chi connectivity index (χ4v) is 2.54. The monoisotopic (exact) mass is 270 g/mol. The Bertz CT molecular complexity index is 355. The van der Waals surface area contributed by atoms with Crippen molar-refractivity contribution >= 4 is 12.0 Å². The Labute approximate surface area is 113 Å². The minimum atomic E-state index is -0.972. The fourth-order valence-electron chi connectivity index (χ4n) is 2.54. The highest BCUT2D eigenvalue weighted by Crippen LogP contribution is 2.30. The molecule has 2 fully saturated rings. The predicted octanol–water partition coefficient (Wildman–Crippen LogP) is 0.606. The van der Waals surface area contributed by atoms with Gasteiger partial charge in [0, 0.05) is 25.6 Å². The van der Waals surface area contributed by atoms with E-state index in [2.05, 4.69) is 0 Å². The number of carbonyl (C=O) groups excluding carboxylic acids is 1. The molecule has 6 nitrogen and oxygen atoms in total. The van der Waals surface area contributed by atoms with Crippen LogP contribution in [0.1, 0.15) is 26.2 Å². The van der Waals surface area contributed by atoms with Gasteiger partial charge in [-0.05, 0) is 32.1 Å². The second-order valence-electron chi connectivity index (χ2n) is 5.74. The summed E-state index contributed by atoms with van der Waals surface area (Å²) >= 11 is 0. The van der Waals surface area contributed by atoms with Crippen molar-refractivity contribution in [2.24, 2.45) is 11.8 Å². The number of aliphatic hydroxyl groups is 1. The number of nitrogens with zero attached hydrogens (tertiary/aromatic N) is 2. The quantitative estimate of drug-likeness (QED) is 0.767. The SMILES string of the molecule is CC(O)C1CCN(C(=O)N(CC(=O)O)CC2CC2)C1.